The van der Waals surface area contributed by atoms with Crippen molar-refractivity contribution in [2.24, 2.45) is 0 Å². The highest BCUT2D eigenvalue weighted by Crippen LogP contribution is 2.21. The molecule has 0 radical (unpaired) electrons. The number of amides is 1. The molecule has 0 bridgehead atoms. The second-order valence-corrected chi connectivity index (χ2v) is 7.81. The Morgan fingerprint density at radius 2 is 1.93 bits per heavy atom. The molecule has 1 atom stereocenters. The van der Waals surface area contributed by atoms with E-state index in [9.17, 15) is 4.79 Å². The number of halogens is 1. The molecular weight excluding hydrogens is 404 g/mol. The minimum atomic E-state index is 0.0298. The summed E-state index contributed by atoms with van der Waals surface area (Å²) < 4.78 is 2.90. The van der Waals surface area contributed by atoms with Gasteiger partial charge in [-0.2, -0.15) is 5.10 Å². The van der Waals surface area contributed by atoms with Crippen molar-refractivity contribution in [1.29, 1.82) is 0 Å². The highest BCUT2D eigenvalue weighted by Gasteiger charge is 2.15. The molecule has 1 N–H and O–H groups in total. The maximum atomic E-state index is 12.6. The van der Waals surface area contributed by atoms with Gasteiger partial charge in [-0.3, -0.25) is 4.79 Å². The van der Waals surface area contributed by atoms with Gasteiger partial charge in [0.1, 0.15) is 0 Å². The number of aromatic nitrogens is 3. The molecule has 3 rings (SSSR count). The highest BCUT2D eigenvalue weighted by atomic mass is 79.9. The Kier molecular flexibility index (Phi) is 5.95. The fourth-order valence-corrected chi connectivity index (χ4v) is 3.69. The van der Waals surface area contributed by atoms with Crippen LogP contribution in [0, 0.1) is 20.8 Å². The second-order valence-electron chi connectivity index (χ2n) is 6.90. The van der Waals surface area contributed by atoms with Gasteiger partial charge >= 0.3 is 0 Å². The Balaban J connectivity index is 1.70. The van der Waals surface area contributed by atoms with E-state index in [2.05, 4.69) is 38.3 Å². The topological polar surface area (TPSA) is 59.3 Å². The van der Waals surface area contributed by atoms with Crippen LogP contribution in [0.1, 0.15) is 54.0 Å². The molecule has 2 aromatic heterocycles. The van der Waals surface area contributed by atoms with Crippen molar-refractivity contribution in [3.05, 3.63) is 63.0 Å². The van der Waals surface area contributed by atoms with Gasteiger partial charge in [0, 0.05) is 28.3 Å². The third-order valence-electron chi connectivity index (χ3n) is 4.90. The van der Waals surface area contributed by atoms with Gasteiger partial charge in [0.15, 0.2) is 5.65 Å². The fraction of sp³-hybridized carbons (Fsp3) is 0.381. The molecule has 1 unspecified atom stereocenters. The Bertz CT molecular complexity index is 962. The van der Waals surface area contributed by atoms with Gasteiger partial charge in [-0.1, -0.05) is 35.0 Å². The summed E-state index contributed by atoms with van der Waals surface area (Å²) in [7, 11) is 0. The monoisotopic (exact) mass is 428 g/mol. The van der Waals surface area contributed by atoms with E-state index in [4.69, 9.17) is 0 Å². The maximum Gasteiger partial charge on any atom is 0.220 e. The molecule has 27 heavy (non-hydrogen) atoms. The van der Waals surface area contributed by atoms with Gasteiger partial charge in [0.25, 0.3) is 0 Å². The average molecular weight is 429 g/mol. The SMILES string of the molecule is CCC(NC(=O)CCc1c(C)nc2cc(C)nn2c1C)c1ccc(Br)cc1. The normalized spacial score (nSPS) is 12.3. The van der Waals surface area contributed by atoms with Crippen molar-refractivity contribution in [1.82, 2.24) is 19.9 Å². The molecule has 142 valence electrons. The lowest BCUT2D eigenvalue weighted by Crippen LogP contribution is -2.28. The predicted octanol–water partition coefficient (Wildman–Crippen LogP) is 4.62. The van der Waals surface area contributed by atoms with Crippen LogP contribution in [-0.4, -0.2) is 20.5 Å². The van der Waals surface area contributed by atoms with Crippen LogP contribution < -0.4 is 5.32 Å². The minimum Gasteiger partial charge on any atom is -0.349 e. The van der Waals surface area contributed by atoms with Gasteiger partial charge in [-0.05, 0) is 56.9 Å². The molecule has 2 heterocycles. The Hall–Kier alpha value is -2.21. The van der Waals surface area contributed by atoms with E-state index in [-0.39, 0.29) is 11.9 Å². The third kappa shape index (κ3) is 4.38. The summed E-state index contributed by atoms with van der Waals surface area (Å²) in [6, 6.07) is 10.1. The summed E-state index contributed by atoms with van der Waals surface area (Å²) >= 11 is 3.45. The van der Waals surface area contributed by atoms with E-state index >= 15 is 0 Å². The van der Waals surface area contributed by atoms with Crippen molar-refractivity contribution in [3.8, 4) is 0 Å². The van der Waals surface area contributed by atoms with Crippen LogP contribution in [0.15, 0.2) is 34.8 Å². The number of hydrogen-bond donors (Lipinski definition) is 1. The van der Waals surface area contributed by atoms with E-state index in [0.717, 1.165) is 44.7 Å². The molecular formula is C21H25BrN4O. The largest absolute Gasteiger partial charge is 0.349 e. The van der Waals surface area contributed by atoms with Crippen LogP contribution in [0.4, 0.5) is 0 Å². The van der Waals surface area contributed by atoms with E-state index in [1.807, 2.05) is 55.6 Å². The van der Waals surface area contributed by atoms with Crippen LogP contribution in [0.2, 0.25) is 0 Å². The smallest absolute Gasteiger partial charge is 0.220 e. The molecule has 3 aromatic rings. The Labute approximate surface area is 168 Å². The summed E-state index contributed by atoms with van der Waals surface area (Å²) in [6.07, 6.45) is 1.94. The number of benzene rings is 1. The Morgan fingerprint density at radius 3 is 2.59 bits per heavy atom. The number of carbonyl (C=O) groups is 1. The van der Waals surface area contributed by atoms with Crippen LogP contribution in [0.25, 0.3) is 5.65 Å². The zero-order valence-corrected chi connectivity index (χ0v) is 17.8. The number of carbonyl (C=O) groups excluding carboxylic acids is 1. The first-order chi connectivity index (χ1) is 12.9. The first-order valence-electron chi connectivity index (χ1n) is 9.26. The van der Waals surface area contributed by atoms with E-state index in [1.165, 1.54) is 0 Å². The fourth-order valence-electron chi connectivity index (χ4n) is 3.42. The van der Waals surface area contributed by atoms with Crippen molar-refractivity contribution in [2.45, 2.75) is 53.0 Å². The van der Waals surface area contributed by atoms with Gasteiger partial charge in [0.2, 0.25) is 5.91 Å². The molecule has 0 aliphatic rings. The Morgan fingerprint density at radius 1 is 1.22 bits per heavy atom. The summed E-state index contributed by atoms with van der Waals surface area (Å²) in [5.41, 5.74) is 6.04. The van der Waals surface area contributed by atoms with Gasteiger partial charge < -0.3 is 5.32 Å². The van der Waals surface area contributed by atoms with Gasteiger partial charge in [0.05, 0.1) is 11.7 Å². The lowest BCUT2D eigenvalue weighted by Gasteiger charge is -2.18. The molecule has 0 saturated carbocycles. The van der Waals surface area contributed by atoms with Crippen LogP contribution in [0.3, 0.4) is 0 Å². The number of nitrogens with one attached hydrogen (secondary N) is 1. The minimum absolute atomic E-state index is 0.0298. The van der Waals surface area contributed by atoms with Crippen LogP contribution >= 0.6 is 15.9 Å². The summed E-state index contributed by atoms with van der Waals surface area (Å²) in [5, 5.41) is 7.66. The second kappa shape index (κ2) is 8.21. The first-order valence-corrected chi connectivity index (χ1v) is 10.1. The van der Waals surface area contributed by atoms with Crippen LogP contribution in [0.5, 0.6) is 0 Å². The number of nitrogens with zero attached hydrogens (tertiary/aromatic N) is 3. The molecule has 0 fully saturated rings. The number of fused-ring (bicyclic) bond motifs is 1. The van der Waals surface area contributed by atoms with Crippen molar-refractivity contribution in [3.63, 3.8) is 0 Å². The van der Waals surface area contributed by atoms with Gasteiger partial charge in [-0.25, -0.2) is 9.50 Å². The number of hydrogen-bond acceptors (Lipinski definition) is 3. The summed E-state index contributed by atoms with van der Waals surface area (Å²) in [6.45, 7) is 8.08. The van der Waals surface area contributed by atoms with Gasteiger partial charge in [-0.15, -0.1) is 0 Å². The lowest BCUT2D eigenvalue weighted by molar-refractivity contribution is -0.121. The van der Waals surface area contributed by atoms with Crippen molar-refractivity contribution < 1.29 is 4.79 Å². The molecule has 1 amide bonds. The number of aryl methyl sites for hydroxylation is 3. The standard InChI is InChI=1S/C21H25BrN4O/c1-5-19(16-6-8-17(22)9-7-16)24-21(27)11-10-18-14(3)23-20-12-13(2)25-26(20)15(18)4/h6-9,12,19H,5,10-11H2,1-4H3,(H,24,27). The average Bonchev–Trinajstić information content (AvgIpc) is 3.00. The zero-order chi connectivity index (χ0) is 19.6. The molecule has 0 aliphatic carbocycles. The summed E-state index contributed by atoms with van der Waals surface area (Å²) in [4.78, 5) is 17.2. The molecule has 0 aliphatic heterocycles. The molecule has 0 saturated heterocycles. The van der Waals surface area contributed by atoms with Crippen LogP contribution in [-0.2, 0) is 11.2 Å². The highest BCUT2D eigenvalue weighted by molar-refractivity contribution is 9.10. The predicted molar refractivity (Wildman–Crippen MR) is 111 cm³/mol. The van der Waals surface area contributed by atoms with E-state index < -0.39 is 0 Å². The lowest BCUT2D eigenvalue weighted by atomic mass is 10.0. The number of rotatable bonds is 6. The maximum absolute atomic E-state index is 12.6. The third-order valence-corrected chi connectivity index (χ3v) is 5.43. The van der Waals surface area contributed by atoms with Crippen molar-refractivity contribution >= 4 is 27.5 Å². The summed E-state index contributed by atoms with van der Waals surface area (Å²) in [5.74, 6) is 0.0558. The molecule has 1 aromatic carbocycles. The molecule has 5 nitrogen and oxygen atoms in total. The van der Waals surface area contributed by atoms with E-state index in [0.29, 0.717) is 12.8 Å². The molecule has 6 heteroatoms. The first kappa shape index (κ1) is 19.5. The van der Waals surface area contributed by atoms with E-state index in [1.54, 1.807) is 0 Å². The zero-order valence-electron chi connectivity index (χ0n) is 16.2. The van der Waals surface area contributed by atoms with Crippen molar-refractivity contribution in [2.75, 3.05) is 0 Å². The molecule has 0 spiro atoms. The quantitative estimate of drug-likeness (QED) is 0.622.